The first-order valence-electron chi connectivity index (χ1n) is 10.0. The fourth-order valence-corrected chi connectivity index (χ4v) is 5.00. The van der Waals surface area contributed by atoms with Gasteiger partial charge in [0.25, 0.3) is 5.56 Å². The molecule has 2 heterocycles. The van der Waals surface area contributed by atoms with Gasteiger partial charge in [-0.2, -0.15) is 0 Å². The molecule has 0 unspecified atom stereocenters. The first-order valence-corrected chi connectivity index (χ1v) is 11.7. The third kappa shape index (κ3) is 4.62. The third-order valence-electron chi connectivity index (χ3n) is 5.20. The van der Waals surface area contributed by atoms with E-state index in [2.05, 4.69) is 10.3 Å². The molecule has 0 saturated carbocycles. The number of imide groups is 1. The smallest absolute Gasteiger partial charge is 0.324 e. The molecule has 1 aromatic heterocycles. The van der Waals surface area contributed by atoms with Crippen LogP contribution in [0.25, 0.3) is 10.9 Å². The maximum absolute atomic E-state index is 13.3. The molecule has 0 aliphatic carbocycles. The number of thioether (sulfide) groups is 1. The standard InChI is InChI=1S/C22H20Cl2N4O3S/c1-13(19(29)27-11-9-25-21(27)31)32-22-26-18-5-3-2-4-16(18)20(30)28(22)10-8-14-6-7-15(23)12-17(14)24/h2-7,12-13H,8-11H2,1H3,(H,25,31)/t13-/m0/s1. The van der Waals surface area contributed by atoms with Gasteiger partial charge in [0.2, 0.25) is 5.91 Å². The van der Waals surface area contributed by atoms with Crippen molar-refractivity contribution in [2.24, 2.45) is 0 Å². The van der Waals surface area contributed by atoms with Gasteiger partial charge in [-0.15, -0.1) is 0 Å². The molecule has 0 bridgehead atoms. The second-order valence-corrected chi connectivity index (χ2v) is 9.49. The predicted octanol–water partition coefficient (Wildman–Crippen LogP) is 3.98. The van der Waals surface area contributed by atoms with E-state index in [1.165, 1.54) is 4.90 Å². The van der Waals surface area contributed by atoms with E-state index in [1.807, 2.05) is 12.1 Å². The topological polar surface area (TPSA) is 84.3 Å². The van der Waals surface area contributed by atoms with E-state index in [0.29, 0.717) is 52.2 Å². The summed E-state index contributed by atoms with van der Waals surface area (Å²) in [7, 11) is 0. The van der Waals surface area contributed by atoms with Crippen LogP contribution in [0.15, 0.2) is 52.4 Å². The van der Waals surface area contributed by atoms with Crippen molar-refractivity contribution in [3.63, 3.8) is 0 Å². The molecule has 32 heavy (non-hydrogen) atoms. The van der Waals surface area contributed by atoms with E-state index < -0.39 is 11.3 Å². The van der Waals surface area contributed by atoms with Crippen LogP contribution in [0.3, 0.4) is 0 Å². The van der Waals surface area contributed by atoms with Crippen molar-refractivity contribution in [1.82, 2.24) is 19.8 Å². The van der Waals surface area contributed by atoms with Gasteiger partial charge in [0.05, 0.1) is 16.2 Å². The number of nitrogens with one attached hydrogen (secondary N) is 1. The average Bonchev–Trinajstić information content (AvgIpc) is 3.20. The number of para-hydroxylation sites is 1. The van der Waals surface area contributed by atoms with E-state index in [9.17, 15) is 14.4 Å². The van der Waals surface area contributed by atoms with Crippen molar-refractivity contribution in [2.45, 2.75) is 30.3 Å². The molecule has 1 aliphatic heterocycles. The number of rotatable bonds is 6. The zero-order valence-corrected chi connectivity index (χ0v) is 19.5. The van der Waals surface area contributed by atoms with Crippen LogP contribution in [-0.4, -0.2) is 44.7 Å². The van der Waals surface area contributed by atoms with Crippen molar-refractivity contribution in [3.05, 3.63) is 68.4 Å². The first-order chi connectivity index (χ1) is 15.3. The number of hydrogen-bond donors (Lipinski definition) is 1. The second-order valence-electron chi connectivity index (χ2n) is 7.34. The summed E-state index contributed by atoms with van der Waals surface area (Å²) in [6, 6.07) is 11.9. The molecule has 3 aromatic rings. The number of urea groups is 1. The summed E-state index contributed by atoms with van der Waals surface area (Å²) in [6.45, 7) is 2.80. The van der Waals surface area contributed by atoms with E-state index in [0.717, 1.165) is 17.3 Å². The minimum Gasteiger partial charge on any atom is -0.336 e. The van der Waals surface area contributed by atoms with Crippen LogP contribution in [0.4, 0.5) is 4.79 Å². The van der Waals surface area contributed by atoms with Crippen LogP contribution < -0.4 is 10.9 Å². The number of nitrogens with zero attached hydrogens (tertiary/aromatic N) is 3. The Morgan fingerprint density at radius 3 is 2.72 bits per heavy atom. The molecule has 2 aromatic carbocycles. The molecule has 10 heteroatoms. The van der Waals surface area contributed by atoms with Gasteiger partial charge in [-0.1, -0.05) is 53.2 Å². The highest BCUT2D eigenvalue weighted by atomic mass is 35.5. The van der Waals surface area contributed by atoms with Crippen LogP contribution in [0.5, 0.6) is 0 Å². The number of halogens is 2. The Morgan fingerprint density at radius 2 is 2.00 bits per heavy atom. The molecule has 1 N–H and O–H groups in total. The number of carbonyl (C=O) groups is 2. The van der Waals surface area contributed by atoms with E-state index in [-0.39, 0.29) is 11.5 Å². The highest BCUT2D eigenvalue weighted by Crippen LogP contribution is 2.26. The lowest BCUT2D eigenvalue weighted by Gasteiger charge is -2.19. The Kier molecular flexibility index (Phi) is 6.74. The summed E-state index contributed by atoms with van der Waals surface area (Å²) < 4.78 is 1.56. The van der Waals surface area contributed by atoms with E-state index >= 15 is 0 Å². The Hall–Kier alpha value is -2.55. The molecule has 1 aliphatic rings. The number of hydrogen-bond acceptors (Lipinski definition) is 5. The predicted molar refractivity (Wildman–Crippen MR) is 127 cm³/mol. The highest BCUT2D eigenvalue weighted by Gasteiger charge is 2.31. The number of aromatic nitrogens is 2. The molecule has 7 nitrogen and oxygen atoms in total. The lowest BCUT2D eigenvalue weighted by Crippen LogP contribution is -2.39. The van der Waals surface area contributed by atoms with Crippen molar-refractivity contribution in [2.75, 3.05) is 13.1 Å². The van der Waals surface area contributed by atoms with Crippen LogP contribution in [0.1, 0.15) is 12.5 Å². The fourth-order valence-electron chi connectivity index (χ4n) is 3.50. The highest BCUT2D eigenvalue weighted by molar-refractivity contribution is 8.00. The van der Waals surface area contributed by atoms with Crippen LogP contribution in [0, 0.1) is 0 Å². The SMILES string of the molecule is C[C@H](Sc1nc2ccccc2c(=O)n1CCc1ccc(Cl)cc1Cl)C(=O)N1CCNC1=O. The maximum Gasteiger partial charge on any atom is 0.324 e. The van der Waals surface area contributed by atoms with Gasteiger partial charge in [0.15, 0.2) is 5.16 Å². The molecule has 166 valence electrons. The lowest BCUT2D eigenvalue weighted by atomic mass is 10.1. The van der Waals surface area contributed by atoms with Gasteiger partial charge in [-0.3, -0.25) is 19.1 Å². The quantitative estimate of drug-likeness (QED) is 0.417. The lowest BCUT2D eigenvalue weighted by molar-refractivity contribution is -0.126. The molecule has 1 fully saturated rings. The summed E-state index contributed by atoms with van der Waals surface area (Å²) in [6.07, 6.45) is 0.486. The van der Waals surface area contributed by atoms with Crippen molar-refractivity contribution in [1.29, 1.82) is 0 Å². The summed E-state index contributed by atoms with van der Waals surface area (Å²) in [4.78, 5) is 43.8. The molecule has 0 spiro atoms. The number of benzene rings is 2. The second kappa shape index (κ2) is 9.52. The summed E-state index contributed by atoms with van der Waals surface area (Å²) in [5.74, 6) is -0.320. The molecule has 1 atom stereocenters. The zero-order valence-electron chi connectivity index (χ0n) is 17.2. The van der Waals surface area contributed by atoms with Gasteiger partial charge in [0.1, 0.15) is 0 Å². The molecule has 0 radical (unpaired) electrons. The van der Waals surface area contributed by atoms with Gasteiger partial charge < -0.3 is 5.32 Å². The van der Waals surface area contributed by atoms with Crippen molar-refractivity contribution < 1.29 is 9.59 Å². The van der Waals surface area contributed by atoms with E-state index in [1.54, 1.807) is 41.8 Å². The third-order valence-corrected chi connectivity index (χ3v) is 6.86. The Bertz CT molecular complexity index is 1260. The minimum atomic E-state index is -0.600. The molecule has 4 rings (SSSR count). The summed E-state index contributed by atoms with van der Waals surface area (Å²) in [5, 5.41) is 4.00. The number of aryl methyl sites for hydroxylation is 1. The largest absolute Gasteiger partial charge is 0.336 e. The maximum atomic E-state index is 13.3. The molecular formula is C22H20Cl2N4O3S. The number of amides is 3. The van der Waals surface area contributed by atoms with Crippen LogP contribution in [0.2, 0.25) is 10.0 Å². The Balaban J connectivity index is 1.66. The summed E-state index contributed by atoms with van der Waals surface area (Å²) >= 11 is 13.5. The monoisotopic (exact) mass is 490 g/mol. The Morgan fingerprint density at radius 1 is 1.22 bits per heavy atom. The minimum absolute atomic E-state index is 0.193. The van der Waals surface area contributed by atoms with Crippen molar-refractivity contribution in [3.8, 4) is 0 Å². The Labute approximate surface area is 198 Å². The van der Waals surface area contributed by atoms with Crippen LogP contribution in [-0.2, 0) is 17.8 Å². The van der Waals surface area contributed by atoms with Gasteiger partial charge >= 0.3 is 6.03 Å². The molecular weight excluding hydrogens is 471 g/mol. The van der Waals surface area contributed by atoms with Gasteiger partial charge in [-0.25, -0.2) is 9.78 Å². The number of carbonyl (C=O) groups excluding carboxylic acids is 2. The van der Waals surface area contributed by atoms with E-state index in [4.69, 9.17) is 23.2 Å². The average molecular weight is 491 g/mol. The fraction of sp³-hybridized carbons (Fsp3) is 0.273. The van der Waals surface area contributed by atoms with Crippen molar-refractivity contribution >= 4 is 57.8 Å². The van der Waals surface area contributed by atoms with Gasteiger partial charge in [0, 0.05) is 29.7 Å². The van der Waals surface area contributed by atoms with Crippen LogP contribution >= 0.6 is 35.0 Å². The van der Waals surface area contributed by atoms with Gasteiger partial charge in [-0.05, 0) is 43.2 Å². The normalized spacial score (nSPS) is 14.6. The number of fused-ring (bicyclic) bond motifs is 1. The molecule has 3 amide bonds. The summed E-state index contributed by atoms with van der Waals surface area (Å²) in [5.41, 5.74) is 1.21. The zero-order chi connectivity index (χ0) is 22.8. The first kappa shape index (κ1) is 22.6. The molecule has 1 saturated heterocycles.